The molecule has 0 bridgehead atoms. The molecule has 3 aromatic rings. The first kappa shape index (κ1) is 26.2. The molecule has 37 heavy (non-hydrogen) atoms. The molecule has 2 saturated heterocycles. The van der Waals surface area contributed by atoms with E-state index in [1.807, 2.05) is 6.07 Å². The Morgan fingerprint density at radius 1 is 1.03 bits per heavy atom. The molecule has 198 valence electrons. The van der Waals surface area contributed by atoms with Gasteiger partial charge in [0.1, 0.15) is 0 Å². The van der Waals surface area contributed by atoms with Crippen LogP contribution in [0.4, 0.5) is 5.13 Å². The van der Waals surface area contributed by atoms with Gasteiger partial charge in [0.15, 0.2) is 5.13 Å². The van der Waals surface area contributed by atoms with Gasteiger partial charge in [-0.3, -0.25) is 9.69 Å². The molecule has 2 aromatic carbocycles. The van der Waals surface area contributed by atoms with Crippen molar-refractivity contribution in [3.8, 4) is 0 Å². The van der Waals surface area contributed by atoms with E-state index < -0.39 is 10.0 Å². The quantitative estimate of drug-likeness (QED) is 0.395. The average molecular weight is 544 g/mol. The van der Waals surface area contributed by atoms with Crippen LogP contribution in [0.25, 0.3) is 10.2 Å². The van der Waals surface area contributed by atoms with E-state index >= 15 is 0 Å². The zero-order chi connectivity index (χ0) is 26.0. The number of benzene rings is 2. The summed E-state index contributed by atoms with van der Waals surface area (Å²) < 4.78 is 40.0. The molecular formula is C27H33N3O5S2. The van der Waals surface area contributed by atoms with Gasteiger partial charge in [-0.1, -0.05) is 24.3 Å². The fourth-order valence-electron chi connectivity index (χ4n) is 4.81. The third-order valence-electron chi connectivity index (χ3n) is 7.03. The highest BCUT2D eigenvalue weighted by atomic mass is 32.2. The minimum Gasteiger partial charge on any atom is -0.377 e. The summed E-state index contributed by atoms with van der Waals surface area (Å²) in [5.74, 6) is -0.220. The number of likely N-dealkylation sites (N-methyl/N-ethyl adjacent to an activating group) is 1. The number of sulfonamides is 1. The van der Waals surface area contributed by atoms with Gasteiger partial charge in [0.25, 0.3) is 5.91 Å². The number of carbonyl (C=O) groups is 1. The highest BCUT2D eigenvalue weighted by Gasteiger charge is 2.29. The topological polar surface area (TPSA) is 89.0 Å². The maximum absolute atomic E-state index is 13.7. The molecule has 0 N–H and O–H groups in total. The second-order valence-corrected chi connectivity index (χ2v) is 12.7. The third-order valence-corrected chi connectivity index (χ3v) is 9.91. The Balaban J connectivity index is 1.39. The summed E-state index contributed by atoms with van der Waals surface area (Å²) in [6, 6.07) is 12.4. The lowest BCUT2D eigenvalue weighted by atomic mass is 10.1. The standard InChI is InChI=1S/C27H33N3O5S2/c1-3-19-8-13-24-25(16-19)36-27(28-24)30(18-22-7-5-15-35-22)26(31)20-9-11-23(12-10-20)37(32,33)29(2)17-21-6-4-14-34-21/h8-13,16,21-22H,3-7,14-15,17-18H2,1-2H3. The second-order valence-electron chi connectivity index (χ2n) is 9.65. The van der Waals surface area contributed by atoms with Gasteiger partial charge in [0.05, 0.1) is 33.9 Å². The van der Waals surface area contributed by atoms with Crippen molar-refractivity contribution in [2.24, 2.45) is 0 Å². The number of fused-ring (bicyclic) bond motifs is 1. The van der Waals surface area contributed by atoms with E-state index in [4.69, 9.17) is 14.5 Å². The largest absolute Gasteiger partial charge is 0.377 e. The van der Waals surface area contributed by atoms with Crippen molar-refractivity contribution in [1.82, 2.24) is 9.29 Å². The van der Waals surface area contributed by atoms with Crippen molar-refractivity contribution in [3.05, 3.63) is 53.6 Å². The van der Waals surface area contributed by atoms with Crippen molar-refractivity contribution in [1.29, 1.82) is 0 Å². The molecular weight excluding hydrogens is 510 g/mol. The zero-order valence-electron chi connectivity index (χ0n) is 21.3. The lowest BCUT2D eigenvalue weighted by Crippen LogP contribution is -2.37. The number of ether oxygens (including phenoxy) is 2. The fraction of sp³-hybridized carbons (Fsp3) is 0.481. The van der Waals surface area contributed by atoms with Gasteiger partial charge >= 0.3 is 0 Å². The number of rotatable bonds is 9. The van der Waals surface area contributed by atoms with Gasteiger partial charge in [-0.2, -0.15) is 4.31 Å². The van der Waals surface area contributed by atoms with Crippen molar-refractivity contribution in [3.63, 3.8) is 0 Å². The van der Waals surface area contributed by atoms with E-state index in [0.29, 0.717) is 37.0 Å². The summed E-state index contributed by atoms with van der Waals surface area (Å²) >= 11 is 1.49. The van der Waals surface area contributed by atoms with Crippen LogP contribution < -0.4 is 4.90 Å². The van der Waals surface area contributed by atoms with Crippen LogP contribution in [-0.4, -0.2) is 69.2 Å². The number of aromatic nitrogens is 1. The third kappa shape index (κ3) is 5.73. The van der Waals surface area contributed by atoms with Crippen LogP contribution in [0.15, 0.2) is 47.4 Å². The van der Waals surface area contributed by atoms with Crippen molar-refractivity contribution in [2.45, 2.75) is 56.1 Å². The van der Waals surface area contributed by atoms with Gasteiger partial charge in [0.2, 0.25) is 10.0 Å². The first-order valence-corrected chi connectivity index (χ1v) is 15.1. The predicted octanol–water partition coefficient (Wildman–Crippen LogP) is 4.48. The predicted molar refractivity (Wildman–Crippen MR) is 145 cm³/mol. The molecule has 0 aliphatic carbocycles. The number of hydrogen-bond acceptors (Lipinski definition) is 7. The van der Waals surface area contributed by atoms with Crippen molar-refractivity contribution < 1.29 is 22.7 Å². The fourth-order valence-corrected chi connectivity index (χ4v) is 7.05. The van der Waals surface area contributed by atoms with E-state index in [0.717, 1.165) is 42.3 Å². The minimum atomic E-state index is -3.69. The van der Waals surface area contributed by atoms with E-state index in [-0.39, 0.29) is 23.0 Å². The average Bonchev–Trinajstić information content (AvgIpc) is 3.68. The number of nitrogens with zero attached hydrogens (tertiary/aromatic N) is 3. The lowest BCUT2D eigenvalue weighted by Gasteiger charge is -2.23. The first-order valence-electron chi connectivity index (χ1n) is 12.9. The Bertz CT molecular complexity index is 1340. The summed E-state index contributed by atoms with van der Waals surface area (Å²) in [5.41, 5.74) is 2.49. The summed E-state index contributed by atoms with van der Waals surface area (Å²) in [4.78, 5) is 20.3. The lowest BCUT2D eigenvalue weighted by molar-refractivity contribution is 0.0917. The molecule has 1 amide bonds. The second kappa shape index (κ2) is 11.2. The Hall–Kier alpha value is -2.37. The summed E-state index contributed by atoms with van der Waals surface area (Å²) in [6.45, 7) is 4.20. The Morgan fingerprint density at radius 3 is 2.32 bits per heavy atom. The summed E-state index contributed by atoms with van der Waals surface area (Å²) in [5, 5.41) is 0.622. The molecule has 2 fully saturated rings. The van der Waals surface area contributed by atoms with Crippen LogP contribution in [0.2, 0.25) is 0 Å². The van der Waals surface area contributed by atoms with Crippen LogP contribution in [-0.2, 0) is 25.9 Å². The zero-order valence-corrected chi connectivity index (χ0v) is 22.9. The number of amides is 1. The SMILES string of the molecule is CCc1ccc2nc(N(CC3CCCO3)C(=O)c3ccc(S(=O)(=O)N(C)CC4CCCO4)cc3)sc2c1. The molecule has 2 unspecified atom stereocenters. The maximum atomic E-state index is 13.7. The van der Waals surface area contributed by atoms with Crippen LogP contribution >= 0.6 is 11.3 Å². The summed E-state index contributed by atoms with van der Waals surface area (Å²) in [6.07, 6.45) is 4.48. The Morgan fingerprint density at radius 2 is 1.70 bits per heavy atom. The van der Waals surface area contributed by atoms with E-state index in [2.05, 4.69) is 19.1 Å². The van der Waals surface area contributed by atoms with Gasteiger partial charge in [-0.05, 0) is 74.1 Å². The van der Waals surface area contributed by atoms with E-state index in [1.54, 1.807) is 24.1 Å². The van der Waals surface area contributed by atoms with Gasteiger partial charge in [0, 0.05) is 32.4 Å². The van der Waals surface area contributed by atoms with Gasteiger partial charge in [-0.15, -0.1) is 0 Å². The molecule has 2 aliphatic heterocycles. The highest BCUT2D eigenvalue weighted by molar-refractivity contribution is 7.89. The molecule has 8 nitrogen and oxygen atoms in total. The monoisotopic (exact) mass is 543 g/mol. The number of hydrogen-bond donors (Lipinski definition) is 0. The van der Waals surface area contributed by atoms with Gasteiger partial charge < -0.3 is 9.47 Å². The van der Waals surface area contributed by atoms with Crippen molar-refractivity contribution in [2.75, 3.05) is 38.3 Å². The van der Waals surface area contributed by atoms with Crippen LogP contribution in [0.3, 0.4) is 0 Å². The number of anilines is 1. The number of thiazole rings is 1. The van der Waals surface area contributed by atoms with Crippen LogP contribution in [0, 0.1) is 0 Å². The minimum absolute atomic E-state index is 0.0479. The molecule has 0 saturated carbocycles. The van der Waals surface area contributed by atoms with Crippen LogP contribution in [0.5, 0.6) is 0 Å². The molecule has 0 spiro atoms. The number of aryl methyl sites for hydroxylation is 1. The molecule has 1 aromatic heterocycles. The maximum Gasteiger partial charge on any atom is 0.260 e. The van der Waals surface area contributed by atoms with Crippen molar-refractivity contribution >= 4 is 42.6 Å². The smallest absolute Gasteiger partial charge is 0.260 e. The van der Waals surface area contributed by atoms with E-state index in [1.165, 1.54) is 33.3 Å². The highest BCUT2D eigenvalue weighted by Crippen LogP contribution is 2.32. The Labute approximate surface area is 222 Å². The molecule has 5 rings (SSSR count). The Kier molecular flexibility index (Phi) is 7.92. The normalized spacial score (nSPS) is 20.2. The molecule has 3 heterocycles. The molecule has 10 heteroatoms. The summed E-state index contributed by atoms with van der Waals surface area (Å²) in [7, 11) is -2.12. The first-order chi connectivity index (χ1) is 17.8. The molecule has 0 radical (unpaired) electrons. The molecule has 2 aliphatic rings. The number of carbonyl (C=O) groups excluding carboxylic acids is 1. The van der Waals surface area contributed by atoms with Crippen LogP contribution in [0.1, 0.15) is 48.5 Å². The van der Waals surface area contributed by atoms with Gasteiger partial charge in [-0.25, -0.2) is 13.4 Å². The van der Waals surface area contributed by atoms with E-state index in [9.17, 15) is 13.2 Å². The molecule has 2 atom stereocenters.